The van der Waals surface area contributed by atoms with Gasteiger partial charge in [-0.2, -0.15) is 5.26 Å². The molecule has 0 aromatic heterocycles. The zero-order valence-corrected chi connectivity index (χ0v) is 10.3. The van der Waals surface area contributed by atoms with E-state index < -0.39 is 0 Å². The topological polar surface area (TPSA) is 48.2 Å². The highest BCUT2D eigenvalue weighted by Gasteiger charge is 2.16. The van der Waals surface area contributed by atoms with Crippen LogP contribution in [0.5, 0.6) is 0 Å². The minimum atomic E-state index is 0.494. The van der Waals surface area contributed by atoms with Crippen LogP contribution in [0.3, 0.4) is 0 Å². The first-order valence-corrected chi connectivity index (χ1v) is 6.01. The Kier molecular flexibility index (Phi) is 3.43. The van der Waals surface area contributed by atoms with Crippen molar-refractivity contribution in [3.05, 3.63) is 23.8 Å². The van der Waals surface area contributed by atoms with Gasteiger partial charge in [-0.15, -0.1) is 0 Å². The van der Waals surface area contributed by atoms with Crippen LogP contribution in [-0.4, -0.2) is 11.8 Å². The fourth-order valence-electron chi connectivity index (χ4n) is 1.81. The molecule has 1 saturated carbocycles. The molecule has 1 fully saturated rings. The number of nitrogens with one attached hydrogen (secondary N) is 1. The van der Waals surface area contributed by atoms with Gasteiger partial charge in [-0.3, -0.25) is 0 Å². The van der Waals surface area contributed by atoms with E-state index in [2.05, 4.69) is 22.4 Å². The van der Waals surface area contributed by atoms with Gasteiger partial charge in [-0.25, -0.2) is 4.99 Å². The van der Waals surface area contributed by atoms with E-state index in [0.717, 1.165) is 16.9 Å². The van der Waals surface area contributed by atoms with Crippen LogP contribution >= 0.6 is 0 Å². The third-order valence-electron chi connectivity index (χ3n) is 3.14. The molecular formula is C14H17N3. The van der Waals surface area contributed by atoms with Crippen molar-refractivity contribution in [2.75, 3.05) is 5.32 Å². The molecule has 0 aliphatic heterocycles. The van der Waals surface area contributed by atoms with Crippen molar-refractivity contribution < 1.29 is 0 Å². The first kappa shape index (κ1) is 11.7. The third kappa shape index (κ3) is 2.85. The van der Waals surface area contributed by atoms with Crippen molar-refractivity contribution in [2.45, 2.75) is 39.2 Å². The predicted octanol–water partition coefficient (Wildman–Crippen LogP) is 3.58. The number of aryl methyl sites for hydroxylation is 1. The first-order valence-electron chi connectivity index (χ1n) is 6.01. The molecule has 0 saturated heterocycles. The number of nitrogens with zero attached hydrogens (tertiary/aromatic N) is 2. The summed E-state index contributed by atoms with van der Waals surface area (Å²) in [5.74, 6) is 0. The van der Waals surface area contributed by atoms with Gasteiger partial charge in [0.05, 0.1) is 5.69 Å². The molecule has 1 aromatic rings. The van der Waals surface area contributed by atoms with Crippen molar-refractivity contribution in [1.82, 2.24) is 0 Å². The lowest BCUT2D eigenvalue weighted by Gasteiger charge is -2.27. The summed E-state index contributed by atoms with van der Waals surface area (Å²) in [6.07, 6.45) is 3.83. The summed E-state index contributed by atoms with van der Waals surface area (Å²) in [5, 5.41) is 12.2. The van der Waals surface area contributed by atoms with Gasteiger partial charge in [0, 0.05) is 11.7 Å². The molecule has 88 valence electrons. The molecule has 1 N–H and O–H groups in total. The maximum Gasteiger partial charge on any atom is 0.115 e. The second kappa shape index (κ2) is 5.01. The van der Waals surface area contributed by atoms with Crippen molar-refractivity contribution in [1.29, 1.82) is 5.26 Å². The van der Waals surface area contributed by atoms with Gasteiger partial charge in [0.2, 0.25) is 0 Å². The molecule has 0 amide bonds. The first-order chi connectivity index (χ1) is 8.19. The van der Waals surface area contributed by atoms with E-state index in [1.807, 2.05) is 19.1 Å². The van der Waals surface area contributed by atoms with E-state index in [4.69, 9.17) is 5.26 Å². The van der Waals surface area contributed by atoms with Crippen LogP contribution < -0.4 is 5.32 Å². The zero-order chi connectivity index (χ0) is 12.3. The molecule has 0 atom stereocenters. The monoisotopic (exact) mass is 227 g/mol. The third-order valence-corrected chi connectivity index (χ3v) is 3.14. The molecule has 0 bridgehead atoms. The number of nitriles is 1. The molecule has 0 spiro atoms. The summed E-state index contributed by atoms with van der Waals surface area (Å²) in [5.41, 5.74) is 3.57. The predicted molar refractivity (Wildman–Crippen MR) is 70.8 cm³/mol. The molecule has 17 heavy (non-hydrogen) atoms. The number of rotatable bonds is 3. The summed E-state index contributed by atoms with van der Waals surface area (Å²) in [6, 6.07) is 8.82. The van der Waals surface area contributed by atoms with Crippen molar-refractivity contribution >= 4 is 17.1 Å². The molecule has 0 radical (unpaired) electrons. The van der Waals surface area contributed by atoms with E-state index >= 15 is 0 Å². The van der Waals surface area contributed by atoms with Crippen molar-refractivity contribution in [2.24, 2.45) is 4.99 Å². The largest absolute Gasteiger partial charge is 0.382 e. The number of anilines is 1. The number of hydrogen-bond donors (Lipinski definition) is 1. The number of aliphatic imine (C=N–C) groups is 1. The Bertz CT molecular complexity index is 479. The Morgan fingerprint density at radius 3 is 2.82 bits per heavy atom. The van der Waals surface area contributed by atoms with Crippen LogP contribution in [0.4, 0.5) is 11.4 Å². The van der Waals surface area contributed by atoms with Crippen LogP contribution in [0.1, 0.15) is 31.7 Å². The summed E-state index contributed by atoms with van der Waals surface area (Å²) in [4.78, 5) is 4.30. The molecule has 3 nitrogen and oxygen atoms in total. The minimum Gasteiger partial charge on any atom is -0.382 e. The van der Waals surface area contributed by atoms with Crippen molar-refractivity contribution in [3.8, 4) is 6.07 Å². The van der Waals surface area contributed by atoms with Gasteiger partial charge >= 0.3 is 0 Å². The molecule has 0 heterocycles. The quantitative estimate of drug-likeness (QED) is 0.802. The van der Waals surface area contributed by atoms with Gasteiger partial charge in [-0.1, -0.05) is 6.07 Å². The van der Waals surface area contributed by atoms with Gasteiger partial charge < -0.3 is 5.32 Å². The van der Waals surface area contributed by atoms with Gasteiger partial charge in [0.15, 0.2) is 0 Å². The molecular weight excluding hydrogens is 210 g/mol. The second-order valence-electron chi connectivity index (χ2n) is 4.58. The number of hydrogen-bond acceptors (Lipinski definition) is 3. The smallest absolute Gasteiger partial charge is 0.115 e. The lowest BCUT2D eigenvalue weighted by Crippen LogP contribution is -2.26. The van der Waals surface area contributed by atoms with Gasteiger partial charge in [0.25, 0.3) is 0 Å². The SMILES string of the molecule is CC(C#N)=Nc1cc(NC2CCC2)ccc1C. The number of benzene rings is 1. The lowest BCUT2D eigenvalue weighted by molar-refractivity contribution is 0.445. The Balaban J connectivity index is 2.19. The lowest BCUT2D eigenvalue weighted by atomic mass is 9.93. The Hall–Kier alpha value is -1.82. The summed E-state index contributed by atoms with van der Waals surface area (Å²) >= 11 is 0. The van der Waals surface area contributed by atoms with Crippen LogP contribution in [0, 0.1) is 18.3 Å². The normalized spacial score (nSPS) is 16.2. The summed E-state index contributed by atoms with van der Waals surface area (Å²) < 4.78 is 0. The average molecular weight is 227 g/mol. The summed E-state index contributed by atoms with van der Waals surface area (Å²) in [6.45, 7) is 3.74. The molecule has 3 heteroatoms. The Morgan fingerprint density at radius 2 is 2.24 bits per heavy atom. The second-order valence-corrected chi connectivity index (χ2v) is 4.58. The van der Waals surface area contributed by atoms with Crippen LogP contribution in [0.15, 0.2) is 23.2 Å². The van der Waals surface area contributed by atoms with Crippen molar-refractivity contribution in [3.63, 3.8) is 0 Å². The molecule has 0 unspecified atom stereocenters. The minimum absolute atomic E-state index is 0.494. The van der Waals surface area contributed by atoms with E-state index in [1.54, 1.807) is 6.92 Å². The molecule has 1 aromatic carbocycles. The molecule has 2 rings (SSSR count). The molecule has 1 aliphatic rings. The van der Waals surface area contributed by atoms with Crippen LogP contribution in [0.25, 0.3) is 0 Å². The van der Waals surface area contributed by atoms with Crippen LogP contribution in [0.2, 0.25) is 0 Å². The fourth-order valence-corrected chi connectivity index (χ4v) is 1.81. The average Bonchev–Trinajstić information content (AvgIpc) is 2.27. The van der Waals surface area contributed by atoms with E-state index in [0.29, 0.717) is 11.8 Å². The van der Waals surface area contributed by atoms with E-state index in [-0.39, 0.29) is 0 Å². The highest BCUT2D eigenvalue weighted by molar-refractivity contribution is 5.98. The zero-order valence-electron chi connectivity index (χ0n) is 10.3. The Labute approximate surface area is 102 Å². The standard InChI is InChI=1S/C14H17N3/c1-10-6-7-13(17-12-4-3-5-12)8-14(10)16-11(2)9-15/h6-8,12,17H,3-5H2,1-2H3. The fraction of sp³-hybridized carbons (Fsp3) is 0.429. The van der Waals surface area contributed by atoms with E-state index in [9.17, 15) is 0 Å². The van der Waals surface area contributed by atoms with Gasteiger partial charge in [0.1, 0.15) is 11.8 Å². The maximum atomic E-state index is 8.75. The highest BCUT2D eigenvalue weighted by Crippen LogP contribution is 2.27. The maximum absolute atomic E-state index is 8.75. The summed E-state index contributed by atoms with van der Waals surface area (Å²) in [7, 11) is 0. The highest BCUT2D eigenvalue weighted by atomic mass is 14.9. The van der Waals surface area contributed by atoms with E-state index in [1.165, 1.54) is 19.3 Å². The molecule has 1 aliphatic carbocycles. The Morgan fingerprint density at radius 1 is 1.47 bits per heavy atom. The van der Waals surface area contributed by atoms with Gasteiger partial charge in [-0.05, 0) is 50.8 Å². The van der Waals surface area contributed by atoms with Crippen LogP contribution in [-0.2, 0) is 0 Å².